The molecule has 1 fully saturated rings. The van der Waals surface area contributed by atoms with Crippen LogP contribution in [0, 0.1) is 0 Å². The van der Waals surface area contributed by atoms with Crippen LogP contribution in [-0.2, 0) is 18.2 Å². The van der Waals surface area contributed by atoms with E-state index in [2.05, 4.69) is 23.4 Å². The fourth-order valence-electron chi connectivity index (χ4n) is 2.02. The lowest BCUT2D eigenvalue weighted by atomic mass is 10.1. The number of nitrogens with zero attached hydrogens (tertiary/aromatic N) is 2. The number of morpholine rings is 1. The van der Waals surface area contributed by atoms with Crippen molar-refractivity contribution in [1.82, 2.24) is 15.1 Å². The van der Waals surface area contributed by atoms with Gasteiger partial charge in [0.15, 0.2) is 0 Å². The summed E-state index contributed by atoms with van der Waals surface area (Å²) in [6.45, 7) is 3.83. The monoisotopic (exact) mass is 209 g/mol. The molecule has 15 heavy (non-hydrogen) atoms. The van der Waals surface area contributed by atoms with E-state index in [1.54, 1.807) is 0 Å². The Kier molecular flexibility index (Phi) is 3.38. The van der Waals surface area contributed by atoms with Crippen molar-refractivity contribution in [3.8, 4) is 0 Å². The molecule has 1 aromatic heterocycles. The molecule has 2 atom stereocenters. The van der Waals surface area contributed by atoms with Gasteiger partial charge in [0.05, 0.1) is 13.2 Å². The van der Waals surface area contributed by atoms with Gasteiger partial charge in [-0.05, 0) is 25.8 Å². The molecule has 4 nitrogen and oxygen atoms in total. The predicted octanol–water partition coefficient (Wildman–Crippen LogP) is 0.730. The van der Waals surface area contributed by atoms with Gasteiger partial charge in [-0.2, -0.15) is 5.10 Å². The third-order valence-corrected chi connectivity index (χ3v) is 2.88. The van der Waals surface area contributed by atoms with Gasteiger partial charge >= 0.3 is 0 Å². The Morgan fingerprint density at radius 1 is 1.60 bits per heavy atom. The van der Waals surface area contributed by atoms with Crippen LogP contribution in [-0.4, -0.2) is 35.1 Å². The first-order valence-corrected chi connectivity index (χ1v) is 5.56. The van der Waals surface area contributed by atoms with E-state index in [-0.39, 0.29) is 0 Å². The highest BCUT2D eigenvalue weighted by molar-refractivity contribution is 5.00. The van der Waals surface area contributed by atoms with Crippen LogP contribution in [0.15, 0.2) is 12.3 Å². The maximum Gasteiger partial charge on any atom is 0.0620 e. The summed E-state index contributed by atoms with van der Waals surface area (Å²) in [5.41, 5.74) is 1.29. The second kappa shape index (κ2) is 4.77. The molecular weight excluding hydrogens is 190 g/mol. The standard InChI is InChI=1S/C11H19N3O/c1-9-7-15-8-10(13-9)3-4-11-5-6-12-14(11)2/h5-6,9-10,13H,3-4,7-8H2,1-2H3. The maximum atomic E-state index is 5.51. The molecule has 0 radical (unpaired) electrons. The Labute approximate surface area is 90.6 Å². The van der Waals surface area contributed by atoms with Crippen LogP contribution in [0.5, 0.6) is 0 Å². The highest BCUT2D eigenvalue weighted by atomic mass is 16.5. The Balaban J connectivity index is 1.80. The Morgan fingerprint density at radius 2 is 2.47 bits per heavy atom. The quantitative estimate of drug-likeness (QED) is 0.797. The number of rotatable bonds is 3. The largest absolute Gasteiger partial charge is 0.378 e. The minimum atomic E-state index is 0.482. The average Bonchev–Trinajstić information content (AvgIpc) is 2.61. The van der Waals surface area contributed by atoms with Crippen molar-refractivity contribution >= 4 is 0 Å². The van der Waals surface area contributed by atoms with E-state index < -0.39 is 0 Å². The van der Waals surface area contributed by atoms with Gasteiger partial charge in [-0.25, -0.2) is 0 Å². The zero-order chi connectivity index (χ0) is 10.7. The minimum absolute atomic E-state index is 0.482. The Bertz CT molecular complexity index is 311. The van der Waals surface area contributed by atoms with E-state index in [0.29, 0.717) is 12.1 Å². The molecule has 1 saturated heterocycles. The van der Waals surface area contributed by atoms with Gasteiger partial charge in [0, 0.05) is 31.0 Å². The topological polar surface area (TPSA) is 39.1 Å². The molecule has 1 aromatic rings. The van der Waals surface area contributed by atoms with Gasteiger partial charge in [0.1, 0.15) is 0 Å². The first kappa shape index (κ1) is 10.6. The van der Waals surface area contributed by atoms with Crippen LogP contribution in [0.2, 0.25) is 0 Å². The lowest BCUT2D eigenvalue weighted by Gasteiger charge is -2.28. The van der Waals surface area contributed by atoms with Crippen LogP contribution < -0.4 is 5.32 Å². The predicted molar refractivity (Wildman–Crippen MR) is 58.7 cm³/mol. The van der Waals surface area contributed by atoms with Crippen molar-refractivity contribution in [2.45, 2.75) is 31.8 Å². The normalized spacial score (nSPS) is 26.8. The molecule has 84 valence electrons. The van der Waals surface area contributed by atoms with Crippen molar-refractivity contribution in [3.05, 3.63) is 18.0 Å². The number of aromatic nitrogens is 2. The summed E-state index contributed by atoms with van der Waals surface area (Å²) in [4.78, 5) is 0. The van der Waals surface area contributed by atoms with E-state index >= 15 is 0 Å². The third kappa shape index (κ3) is 2.79. The fourth-order valence-corrected chi connectivity index (χ4v) is 2.02. The van der Waals surface area contributed by atoms with Crippen molar-refractivity contribution in [3.63, 3.8) is 0 Å². The first-order valence-electron chi connectivity index (χ1n) is 5.56. The lowest BCUT2D eigenvalue weighted by Crippen LogP contribution is -2.47. The van der Waals surface area contributed by atoms with Crippen LogP contribution in [0.1, 0.15) is 19.0 Å². The average molecular weight is 209 g/mol. The summed E-state index contributed by atoms with van der Waals surface area (Å²) in [6.07, 6.45) is 4.02. The van der Waals surface area contributed by atoms with E-state index in [1.807, 2.05) is 17.9 Å². The summed E-state index contributed by atoms with van der Waals surface area (Å²) < 4.78 is 7.45. The van der Waals surface area contributed by atoms with E-state index in [0.717, 1.165) is 26.1 Å². The maximum absolute atomic E-state index is 5.51. The molecule has 1 aliphatic heterocycles. The summed E-state index contributed by atoms with van der Waals surface area (Å²) in [7, 11) is 1.99. The number of nitrogens with one attached hydrogen (secondary N) is 1. The molecule has 1 aliphatic rings. The Morgan fingerprint density at radius 3 is 3.13 bits per heavy atom. The second-order valence-electron chi connectivity index (χ2n) is 4.29. The van der Waals surface area contributed by atoms with Crippen LogP contribution >= 0.6 is 0 Å². The molecule has 0 saturated carbocycles. The Hall–Kier alpha value is -0.870. The zero-order valence-electron chi connectivity index (χ0n) is 9.44. The van der Waals surface area contributed by atoms with Gasteiger partial charge in [-0.1, -0.05) is 0 Å². The second-order valence-corrected chi connectivity index (χ2v) is 4.29. The molecule has 0 spiro atoms. The highest BCUT2D eigenvalue weighted by Gasteiger charge is 2.18. The van der Waals surface area contributed by atoms with Gasteiger partial charge in [0.25, 0.3) is 0 Å². The van der Waals surface area contributed by atoms with Crippen molar-refractivity contribution in [2.24, 2.45) is 7.05 Å². The molecule has 2 unspecified atom stereocenters. The first-order chi connectivity index (χ1) is 7.25. The molecule has 4 heteroatoms. The molecule has 0 aromatic carbocycles. The van der Waals surface area contributed by atoms with Crippen molar-refractivity contribution in [2.75, 3.05) is 13.2 Å². The summed E-state index contributed by atoms with van der Waals surface area (Å²) in [5.74, 6) is 0. The van der Waals surface area contributed by atoms with Gasteiger partial charge in [0.2, 0.25) is 0 Å². The summed E-state index contributed by atoms with van der Waals surface area (Å²) in [5, 5.41) is 7.70. The van der Waals surface area contributed by atoms with Crippen molar-refractivity contribution in [1.29, 1.82) is 0 Å². The number of aryl methyl sites for hydroxylation is 2. The van der Waals surface area contributed by atoms with E-state index in [1.165, 1.54) is 5.69 Å². The molecule has 0 bridgehead atoms. The van der Waals surface area contributed by atoms with Crippen LogP contribution in [0.3, 0.4) is 0 Å². The van der Waals surface area contributed by atoms with Crippen molar-refractivity contribution < 1.29 is 4.74 Å². The zero-order valence-corrected chi connectivity index (χ0v) is 9.44. The number of hydrogen-bond donors (Lipinski definition) is 1. The van der Waals surface area contributed by atoms with E-state index in [9.17, 15) is 0 Å². The smallest absolute Gasteiger partial charge is 0.0620 e. The SMILES string of the molecule is CC1COCC(CCc2ccnn2C)N1. The lowest BCUT2D eigenvalue weighted by molar-refractivity contribution is 0.0482. The van der Waals surface area contributed by atoms with Gasteiger partial charge < -0.3 is 10.1 Å². The van der Waals surface area contributed by atoms with Crippen LogP contribution in [0.4, 0.5) is 0 Å². The van der Waals surface area contributed by atoms with E-state index in [4.69, 9.17) is 4.74 Å². The molecular formula is C11H19N3O. The van der Waals surface area contributed by atoms with Gasteiger partial charge in [-0.3, -0.25) is 4.68 Å². The minimum Gasteiger partial charge on any atom is -0.378 e. The van der Waals surface area contributed by atoms with Crippen LogP contribution in [0.25, 0.3) is 0 Å². The molecule has 0 aliphatic carbocycles. The molecule has 2 rings (SSSR count). The molecule has 0 amide bonds. The number of hydrogen-bond acceptors (Lipinski definition) is 3. The molecule has 1 N–H and O–H groups in total. The third-order valence-electron chi connectivity index (χ3n) is 2.88. The summed E-state index contributed by atoms with van der Waals surface area (Å²) in [6, 6.07) is 3.05. The molecule has 2 heterocycles. The fraction of sp³-hybridized carbons (Fsp3) is 0.727. The van der Waals surface area contributed by atoms with Gasteiger partial charge in [-0.15, -0.1) is 0 Å². The summed E-state index contributed by atoms with van der Waals surface area (Å²) >= 11 is 0. The highest BCUT2D eigenvalue weighted by Crippen LogP contribution is 2.08. The number of ether oxygens (including phenoxy) is 1.